The molecular weight excluding hydrogens is 178 g/mol. The van der Waals surface area contributed by atoms with Gasteiger partial charge in [0.15, 0.2) is 5.43 Å². The molecule has 0 unspecified atom stereocenters. The maximum atomic E-state index is 10.8. The van der Waals surface area contributed by atoms with E-state index in [1.54, 1.807) is 24.7 Å². The second kappa shape index (κ2) is 3.45. The molecule has 0 fully saturated rings. The van der Waals surface area contributed by atoms with E-state index >= 15 is 0 Å². The zero-order valence-electron chi connectivity index (χ0n) is 6.27. The molecule has 0 saturated heterocycles. The average Bonchev–Trinajstić information content (AvgIpc) is 2.04. The molecule has 0 amide bonds. The van der Waals surface area contributed by atoms with Gasteiger partial charge in [-0.1, -0.05) is 0 Å². The fourth-order valence-electron chi connectivity index (χ4n) is 1.04. The molecule has 1 aromatic heterocycles. The van der Waals surface area contributed by atoms with Crippen LogP contribution >= 0.6 is 12.4 Å². The lowest BCUT2D eigenvalue weighted by atomic mass is 10.3. The summed E-state index contributed by atoms with van der Waals surface area (Å²) in [5.41, 5.74) is 0.912. The van der Waals surface area contributed by atoms with Gasteiger partial charge in [0.05, 0.1) is 5.69 Å². The van der Waals surface area contributed by atoms with E-state index in [2.05, 4.69) is 0 Å². The summed E-state index contributed by atoms with van der Waals surface area (Å²) in [5, 5.41) is 0. The molecule has 64 valence electrons. The van der Waals surface area contributed by atoms with Crippen LogP contribution in [-0.2, 0) is 11.3 Å². The Morgan fingerprint density at radius 1 is 1.50 bits per heavy atom. The molecule has 1 aliphatic heterocycles. The molecule has 0 bridgehead atoms. The van der Waals surface area contributed by atoms with E-state index in [0.29, 0.717) is 6.61 Å². The zero-order chi connectivity index (χ0) is 7.68. The highest BCUT2D eigenvalue weighted by Crippen LogP contribution is 2.05. The lowest BCUT2D eigenvalue weighted by molar-refractivity contribution is 0.223. The van der Waals surface area contributed by atoms with Gasteiger partial charge >= 0.3 is 0 Å². The van der Waals surface area contributed by atoms with Gasteiger partial charge in [-0.05, 0) is 0 Å². The topological polar surface area (TPSA) is 31.2 Å². The van der Waals surface area contributed by atoms with E-state index < -0.39 is 0 Å². The summed E-state index contributed by atoms with van der Waals surface area (Å²) in [4.78, 5) is 10.8. The Balaban J connectivity index is 0.000000720. The SMILES string of the molecule is Cl.O=c1ccn2c(c1)COC=C2. The molecule has 2 rings (SSSR count). The minimum Gasteiger partial charge on any atom is -0.493 e. The smallest absolute Gasteiger partial charge is 0.181 e. The van der Waals surface area contributed by atoms with Crippen molar-refractivity contribution in [2.75, 3.05) is 0 Å². The summed E-state index contributed by atoms with van der Waals surface area (Å²) in [6, 6.07) is 3.10. The minimum absolute atomic E-state index is 0. The van der Waals surface area contributed by atoms with E-state index in [9.17, 15) is 4.79 Å². The maximum Gasteiger partial charge on any atom is 0.181 e. The van der Waals surface area contributed by atoms with Gasteiger partial charge in [-0.3, -0.25) is 4.79 Å². The van der Waals surface area contributed by atoms with Crippen LogP contribution in [0.5, 0.6) is 0 Å². The molecule has 1 aliphatic rings. The van der Waals surface area contributed by atoms with Crippen molar-refractivity contribution in [1.82, 2.24) is 4.57 Å². The maximum absolute atomic E-state index is 10.8. The Hall–Kier alpha value is -1.22. The molecule has 3 nitrogen and oxygen atoms in total. The van der Waals surface area contributed by atoms with Crippen molar-refractivity contribution in [1.29, 1.82) is 0 Å². The van der Waals surface area contributed by atoms with Crippen LogP contribution in [0.1, 0.15) is 5.69 Å². The van der Waals surface area contributed by atoms with Crippen molar-refractivity contribution in [3.63, 3.8) is 0 Å². The molecule has 4 heteroatoms. The van der Waals surface area contributed by atoms with Crippen LogP contribution in [0, 0.1) is 0 Å². The van der Waals surface area contributed by atoms with Gasteiger partial charge in [0.2, 0.25) is 0 Å². The van der Waals surface area contributed by atoms with Crippen molar-refractivity contribution in [2.24, 2.45) is 0 Å². The van der Waals surface area contributed by atoms with Gasteiger partial charge in [-0.15, -0.1) is 12.4 Å². The lowest BCUT2D eigenvalue weighted by Crippen LogP contribution is -2.10. The van der Waals surface area contributed by atoms with Crippen molar-refractivity contribution >= 4 is 18.6 Å². The van der Waals surface area contributed by atoms with Crippen molar-refractivity contribution in [3.8, 4) is 0 Å². The van der Waals surface area contributed by atoms with Gasteiger partial charge in [-0.25, -0.2) is 0 Å². The quantitative estimate of drug-likeness (QED) is 0.609. The Bertz CT molecular complexity index is 356. The van der Waals surface area contributed by atoms with Crippen LogP contribution < -0.4 is 5.43 Å². The number of rotatable bonds is 0. The number of pyridine rings is 1. The fourth-order valence-corrected chi connectivity index (χ4v) is 1.04. The van der Waals surface area contributed by atoms with Crippen LogP contribution in [0.25, 0.3) is 6.20 Å². The number of aromatic nitrogens is 1. The Labute approximate surface area is 75.7 Å². The Kier molecular flexibility index (Phi) is 2.55. The summed E-state index contributed by atoms with van der Waals surface area (Å²) in [5.74, 6) is 0. The molecule has 12 heavy (non-hydrogen) atoms. The van der Waals surface area contributed by atoms with Gasteiger partial charge in [-0.2, -0.15) is 0 Å². The highest BCUT2D eigenvalue weighted by Gasteiger charge is 2.01. The predicted molar refractivity (Wildman–Crippen MR) is 48.1 cm³/mol. The van der Waals surface area contributed by atoms with E-state index in [-0.39, 0.29) is 17.8 Å². The standard InChI is InChI=1S/C8H7NO2.ClH/c10-8-1-2-9-3-4-11-6-7(9)5-8;/h1-5H,6H2;1H. The predicted octanol–water partition coefficient (Wildman–Crippen LogP) is 1.23. The normalized spacial score (nSPS) is 12.7. The van der Waals surface area contributed by atoms with Crippen molar-refractivity contribution in [2.45, 2.75) is 6.61 Å². The van der Waals surface area contributed by atoms with E-state index in [1.807, 2.05) is 4.57 Å². The Morgan fingerprint density at radius 2 is 2.33 bits per heavy atom. The first kappa shape index (κ1) is 8.87. The molecule has 0 aliphatic carbocycles. The van der Waals surface area contributed by atoms with E-state index in [0.717, 1.165) is 5.69 Å². The largest absolute Gasteiger partial charge is 0.493 e. The van der Waals surface area contributed by atoms with Crippen LogP contribution in [-0.4, -0.2) is 4.57 Å². The molecule has 1 aromatic rings. The number of halogens is 1. The van der Waals surface area contributed by atoms with Crippen LogP contribution in [0.4, 0.5) is 0 Å². The highest BCUT2D eigenvalue weighted by atomic mass is 35.5. The zero-order valence-corrected chi connectivity index (χ0v) is 7.08. The number of ether oxygens (including phenoxy) is 1. The van der Waals surface area contributed by atoms with Crippen LogP contribution in [0.3, 0.4) is 0 Å². The fraction of sp³-hybridized carbons (Fsp3) is 0.125. The van der Waals surface area contributed by atoms with Gasteiger partial charge in [0, 0.05) is 24.5 Å². The Morgan fingerprint density at radius 3 is 3.17 bits per heavy atom. The molecule has 2 heterocycles. The molecule has 0 spiro atoms. The number of hydrogen-bond donors (Lipinski definition) is 0. The lowest BCUT2D eigenvalue weighted by Gasteiger charge is -2.12. The number of fused-ring (bicyclic) bond motifs is 1. The first-order valence-electron chi connectivity index (χ1n) is 3.35. The molecule has 0 N–H and O–H groups in total. The number of nitrogens with zero attached hydrogens (tertiary/aromatic N) is 1. The summed E-state index contributed by atoms with van der Waals surface area (Å²) in [7, 11) is 0. The van der Waals surface area contributed by atoms with Crippen molar-refractivity contribution in [3.05, 3.63) is 40.5 Å². The minimum atomic E-state index is 0. The molecule has 0 saturated carbocycles. The first-order valence-corrected chi connectivity index (χ1v) is 3.35. The monoisotopic (exact) mass is 185 g/mol. The molecular formula is C8H8ClNO2. The third-order valence-electron chi connectivity index (χ3n) is 1.59. The molecule has 0 atom stereocenters. The average molecular weight is 186 g/mol. The van der Waals surface area contributed by atoms with Crippen molar-refractivity contribution < 1.29 is 4.74 Å². The van der Waals surface area contributed by atoms with E-state index in [1.165, 1.54) is 6.07 Å². The van der Waals surface area contributed by atoms with Gasteiger partial charge in [0.25, 0.3) is 0 Å². The molecule has 0 aromatic carbocycles. The summed E-state index contributed by atoms with van der Waals surface area (Å²) >= 11 is 0. The third-order valence-corrected chi connectivity index (χ3v) is 1.59. The summed E-state index contributed by atoms with van der Waals surface area (Å²) < 4.78 is 6.88. The van der Waals surface area contributed by atoms with Crippen LogP contribution in [0.15, 0.2) is 29.4 Å². The van der Waals surface area contributed by atoms with E-state index in [4.69, 9.17) is 4.74 Å². The number of hydrogen-bond acceptors (Lipinski definition) is 2. The summed E-state index contributed by atoms with van der Waals surface area (Å²) in [6.45, 7) is 0.479. The third kappa shape index (κ3) is 1.51. The highest BCUT2D eigenvalue weighted by molar-refractivity contribution is 5.85. The second-order valence-electron chi connectivity index (χ2n) is 2.36. The first-order chi connectivity index (χ1) is 5.36. The van der Waals surface area contributed by atoms with Crippen LogP contribution in [0.2, 0.25) is 0 Å². The molecule has 0 radical (unpaired) electrons. The second-order valence-corrected chi connectivity index (χ2v) is 2.36. The van der Waals surface area contributed by atoms with Gasteiger partial charge in [0.1, 0.15) is 12.9 Å². The van der Waals surface area contributed by atoms with Gasteiger partial charge < -0.3 is 9.30 Å². The summed E-state index contributed by atoms with van der Waals surface area (Å²) in [6.07, 6.45) is 5.12.